The van der Waals surface area contributed by atoms with Gasteiger partial charge in [0.05, 0.1) is 5.92 Å². The summed E-state index contributed by atoms with van der Waals surface area (Å²) in [7, 11) is 0. The van der Waals surface area contributed by atoms with Crippen LogP contribution in [0.3, 0.4) is 0 Å². The summed E-state index contributed by atoms with van der Waals surface area (Å²) in [5, 5.41) is 0. The fraction of sp³-hybridized carbons (Fsp3) is 0.500. The standard InChI is InChI=1S/C12H15ClF3N/c13-7-6-10(12(14,15)16)8-11(17)9-4-2-1-3-5-9/h1-5,10-11H,6-8,17H2. The summed E-state index contributed by atoms with van der Waals surface area (Å²) in [5.41, 5.74) is 6.50. The van der Waals surface area contributed by atoms with Crippen LogP contribution in [0.1, 0.15) is 24.4 Å². The lowest BCUT2D eigenvalue weighted by Gasteiger charge is -2.23. The molecule has 0 aliphatic heterocycles. The molecule has 0 fully saturated rings. The van der Waals surface area contributed by atoms with Crippen LogP contribution in [-0.4, -0.2) is 12.1 Å². The summed E-state index contributed by atoms with van der Waals surface area (Å²) in [6.07, 6.45) is -4.45. The van der Waals surface area contributed by atoms with Crippen molar-refractivity contribution in [2.45, 2.75) is 25.1 Å². The maximum Gasteiger partial charge on any atom is 0.391 e. The van der Waals surface area contributed by atoms with Gasteiger partial charge in [0.2, 0.25) is 0 Å². The molecule has 1 aromatic carbocycles. The summed E-state index contributed by atoms with van der Waals surface area (Å²) >= 11 is 5.39. The smallest absolute Gasteiger partial charge is 0.324 e. The molecule has 0 aromatic heterocycles. The Bertz CT molecular complexity index is 326. The van der Waals surface area contributed by atoms with Gasteiger partial charge in [0, 0.05) is 11.9 Å². The second kappa shape index (κ2) is 6.26. The average molecular weight is 266 g/mol. The average Bonchev–Trinajstić information content (AvgIpc) is 2.28. The topological polar surface area (TPSA) is 26.0 Å². The third kappa shape index (κ3) is 4.56. The number of alkyl halides is 4. The Morgan fingerprint density at radius 3 is 2.24 bits per heavy atom. The molecule has 0 amide bonds. The lowest BCUT2D eigenvalue weighted by atomic mass is 9.93. The van der Waals surface area contributed by atoms with Crippen LogP contribution in [0.4, 0.5) is 13.2 Å². The van der Waals surface area contributed by atoms with Crippen molar-refractivity contribution in [2.24, 2.45) is 11.7 Å². The normalized spacial score (nSPS) is 15.6. The van der Waals surface area contributed by atoms with Crippen LogP contribution in [0, 0.1) is 5.92 Å². The third-order valence-corrected chi connectivity index (χ3v) is 2.90. The first-order chi connectivity index (χ1) is 7.95. The summed E-state index contributed by atoms with van der Waals surface area (Å²) in [6, 6.07) is 8.19. The minimum absolute atomic E-state index is 0.00825. The Morgan fingerprint density at radius 2 is 1.76 bits per heavy atom. The van der Waals surface area contributed by atoms with Gasteiger partial charge in [-0.05, 0) is 18.4 Å². The number of nitrogens with two attached hydrogens (primary N) is 1. The third-order valence-electron chi connectivity index (χ3n) is 2.69. The van der Waals surface area contributed by atoms with Gasteiger partial charge in [-0.2, -0.15) is 13.2 Å². The minimum atomic E-state index is -4.23. The maximum atomic E-state index is 12.7. The molecule has 17 heavy (non-hydrogen) atoms. The minimum Gasteiger partial charge on any atom is -0.324 e. The molecule has 96 valence electrons. The molecular weight excluding hydrogens is 251 g/mol. The number of halogens is 4. The van der Waals surface area contributed by atoms with E-state index >= 15 is 0 Å². The first-order valence-electron chi connectivity index (χ1n) is 5.38. The van der Waals surface area contributed by atoms with Crippen molar-refractivity contribution in [1.29, 1.82) is 0 Å². The second-order valence-electron chi connectivity index (χ2n) is 3.97. The highest BCUT2D eigenvalue weighted by atomic mass is 35.5. The molecule has 0 saturated heterocycles. The quantitative estimate of drug-likeness (QED) is 0.803. The van der Waals surface area contributed by atoms with Gasteiger partial charge >= 0.3 is 6.18 Å². The Hall–Kier alpha value is -0.740. The number of benzene rings is 1. The van der Waals surface area contributed by atoms with Gasteiger partial charge in [-0.1, -0.05) is 30.3 Å². The van der Waals surface area contributed by atoms with E-state index in [0.29, 0.717) is 0 Å². The number of hydrogen-bond donors (Lipinski definition) is 1. The predicted molar refractivity (Wildman–Crippen MR) is 62.9 cm³/mol. The fourth-order valence-electron chi connectivity index (χ4n) is 1.69. The zero-order chi connectivity index (χ0) is 12.9. The number of hydrogen-bond acceptors (Lipinski definition) is 1. The van der Waals surface area contributed by atoms with Crippen molar-refractivity contribution in [1.82, 2.24) is 0 Å². The van der Waals surface area contributed by atoms with E-state index in [-0.39, 0.29) is 18.7 Å². The Kier molecular flexibility index (Phi) is 5.28. The van der Waals surface area contributed by atoms with Crippen molar-refractivity contribution in [2.75, 3.05) is 5.88 Å². The van der Waals surface area contributed by atoms with Crippen molar-refractivity contribution in [3.63, 3.8) is 0 Å². The van der Waals surface area contributed by atoms with Crippen LogP contribution < -0.4 is 5.73 Å². The van der Waals surface area contributed by atoms with Crippen molar-refractivity contribution >= 4 is 11.6 Å². The highest BCUT2D eigenvalue weighted by Crippen LogP contribution is 2.35. The van der Waals surface area contributed by atoms with E-state index in [9.17, 15) is 13.2 Å². The lowest BCUT2D eigenvalue weighted by Crippen LogP contribution is -2.27. The second-order valence-corrected chi connectivity index (χ2v) is 4.35. The highest BCUT2D eigenvalue weighted by Gasteiger charge is 2.39. The van der Waals surface area contributed by atoms with Crippen molar-refractivity contribution in [3.05, 3.63) is 35.9 Å². The van der Waals surface area contributed by atoms with Crippen LogP contribution >= 0.6 is 11.6 Å². The molecule has 1 nitrogen and oxygen atoms in total. The molecule has 1 rings (SSSR count). The molecule has 0 radical (unpaired) electrons. The zero-order valence-electron chi connectivity index (χ0n) is 9.25. The van der Waals surface area contributed by atoms with Gasteiger partial charge in [0.1, 0.15) is 0 Å². The van der Waals surface area contributed by atoms with E-state index < -0.39 is 18.1 Å². The molecule has 0 bridgehead atoms. The van der Waals surface area contributed by atoms with Crippen LogP contribution in [0.2, 0.25) is 0 Å². The van der Waals surface area contributed by atoms with E-state index in [2.05, 4.69) is 0 Å². The summed E-state index contributed by atoms with van der Waals surface area (Å²) in [4.78, 5) is 0. The molecule has 0 aliphatic rings. The van der Waals surface area contributed by atoms with E-state index in [1.165, 1.54) is 0 Å². The monoisotopic (exact) mass is 265 g/mol. The van der Waals surface area contributed by atoms with Gasteiger partial charge in [0.15, 0.2) is 0 Å². The molecule has 0 spiro atoms. The van der Waals surface area contributed by atoms with Crippen LogP contribution in [0.5, 0.6) is 0 Å². The first kappa shape index (κ1) is 14.3. The predicted octanol–water partition coefficient (Wildman–Crippen LogP) is 3.88. The van der Waals surface area contributed by atoms with Gasteiger partial charge in [-0.15, -0.1) is 11.6 Å². The van der Waals surface area contributed by atoms with E-state index in [1.807, 2.05) is 0 Å². The summed E-state index contributed by atoms with van der Waals surface area (Å²) < 4.78 is 38.0. The molecule has 2 unspecified atom stereocenters. The van der Waals surface area contributed by atoms with Crippen LogP contribution in [0.15, 0.2) is 30.3 Å². The molecule has 5 heteroatoms. The Balaban J connectivity index is 2.68. The Morgan fingerprint density at radius 1 is 1.18 bits per heavy atom. The first-order valence-corrected chi connectivity index (χ1v) is 5.91. The zero-order valence-corrected chi connectivity index (χ0v) is 10.0. The molecule has 0 saturated carbocycles. The fourth-order valence-corrected chi connectivity index (χ4v) is 1.95. The van der Waals surface area contributed by atoms with Crippen molar-refractivity contribution in [3.8, 4) is 0 Å². The van der Waals surface area contributed by atoms with Gasteiger partial charge in [0.25, 0.3) is 0 Å². The largest absolute Gasteiger partial charge is 0.391 e. The van der Waals surface area contributed by atoms with E-state index in [4.69, 9.17) is 17.3 Å². The maximum absolute atomic E-state index is 12.7. The number of rotatable bonds is 5. The molecule has 0 heterocycles. The molecule has 2 atom stereocenters. The van der Waals surface area contributed by atoms with E-state index in [1.54, 1.807) is 30.3 Å². The molecule has 1 aromatic rings. The molecule has 0 aliphatic carbocycles. The lowest BCUT2D eigenvalue weighted by molar-refractivity contribution is -0.178. The van der Waals surface area contributed by atoms with Gasteiger partial charge < -0.3 is 5.73 Å². The summed E-state index contributed by atoms with van der Waals surface area (Å²) in [5.74, 6) is -1.44. The van der Waals surface area contributed by atoms with Crippen LogP contribution in [0.25, 0.3) is 0 Å². The summed E-state index contributed by atoms with van der Waals surface area (Å²) in [6.45, 7) is 0. The van der Waals surface area contributed by atoms with Crippen molar-refractivity contribution < 1.29 is 13.2 Å². The van der Waals surface area contributed by atoms with Gasteiger partial charge in [-0.3, -0.25) is 0 Å². The Labute approximate surface area is 104 Å². The van der Waals surface area contributed by atoms with E-state index in [0.717, 1.165) is 5.56 Å². The molecule has 2 N–H and O–H groups in total. The highest BCUT2D eigenvalue weighted by molar-refractivity contribution is 6.17. The van der Waals surface area contributed by atoms with Gasteiger partial charge in [-0.25, -0.2) is 0 Å². The SMILES string of the molecule is NC(CC(CCCl)C(F)(F)F)c1ccccc1. The van der Waals surface area contributed by atoms with Crippen LogP contribution in [-0.2, 0) is 0 Å². The molecular formula is C12H15ClF3N.